The van der Waals surface area contributed by atoms with E-state index in [9.17, 15) is 5.11 Å². The molecule has 0 saturated heterocycles. The summed E-state index contributed by atoms with van der Waals surface area (Å²) in [7, 11) is 1.76. The largest absolute Gasteiger partial charge is 0.506 e. The minimum atomic E-state index is 0.176. The number of aromatic nitrogens is 2. The van der Waals surface area contributed by atoms with Crippen molar-refractivity contribution >= 4 is 21.7 Å². The van der Waals surface area contributed by atoms with E-state index in [0.29, 0.717) is 21.5 Å². The number of hydrogen-bond acceptors (Lipinski definition) is 3. The number of para-hydroxylation sites is 1. The molecule has 0 bridgehead atoms. The van der Waals surface area contributed by atoms with Crippen molar-refractivity contribution in [3.05, 3.63) is 28.7 Å². The molecule has 0 amide bonds. The fourth-order valence-electron chi connectivity index (χ4n) is 1.34. The van der Waals surface area contributed by atoms with Gasteiger partial charge in [-0.15, -0.1) is 0 Å². The predicted molar refractivity (Wildman–Crippen MR) is 62.4 cm³/mol. The van der Waals surface area contributed by atoms with Gasteiger partial charge in [0.25, 0.3) is 0 Å². The predicted octanol–water partition coefficient (Wildman–Crippen LogP) is 2.14. The number of rotatable bonds is 1. The number of nitrogens with zero attached hydrogens (tertiary/aromatic N) is 2. The lowest BCUT2D eigenvalue weighted by molar-refractivity contribution is 0.473. The van der Waals surface area contributed by atoms with Gasteiger partial charge in [0.15, 0.2) is 0 Å². The van der Waals surface area contributed by atoms with Gasteiger partial charge in [-0.2, -0.15) is 5.10 Å². The van der Waals surface area contributed by atoms with Crippen LogP contribution in [0.2, 0.25) is 0 Å². The molecule has 1 heterocycles. The summed E-state index contributed by atoms with van der Waals surface area (Å²) in [6.45, 7) is 0. The van der Waals surface area contributed by atoms with Crippen LogP contribution in [-0.2, 0) is 7.05 Å². The van der Waals surface area contributed by atoms with Crippen LogP contribution in [0, 0.1) is 0 Å². The molecule has 3 N–H and O–H groups in total. The van der Waals surface area contributed by atoms with Crippen molar-refractivity contribution in [2.45, 2.75) is 0 Å². The van der Waals surface area contributed by atoms with Crippen molar-refractivity contribution < 1.29 is 5.11 Å². The molecule has 2 rings (SSSR count). The minimum Gasteiger partial charge on any atom is -0.506 e. The second kappa shape index (κ2) is 3.58. The van der Waals surface area contributed by atoms with Crippen LogP contribution in [0.1, 0.15) is 0 Å². The molecule has 4 nitrogen and oxygen atoms in total. The van der Waals surface area contributed by atoms with Crippen molar-refractivity contribution in [3.8, 4) is 17.0 Å². The maximum atomic E-state index is 9.81. The van der Waals surface area contributed by atoms with Crippen molar-refractivity contribution in [2.24, 2.45) is 7.05 Å². The SMILES string of the molecule is Cn1nc(-c2cccc(Br)c2O)cc1N. The minimum absolute atomic E-state index is 0.176. The van der Waals surface area contributed by atoms with E-state index >= 15 is 0 Å². The maximum Gasteiger partial charge on any atom is 0.139 e. The van der Waals surface area contributed by atoms with Crippen LogP contribution in [0.15, 0.2) is 28.7 Å². The van der Waals surface area contributed by atoms with Crippen LogP contribution >= 0.6 is 15.9 Å². The monoisotopic (exact) mass is 267 g/mol. The zero-order chi connectivity index (χ0) is 11.0. The van der Waals surface area contributed by atoms with Crippen LogP contribution in [0.3, 0.4) is 0 Å². The average molecular weight is 268 g/mol. The van der Waals surface area contributed by atoms with Gasteiger partial charge < -0.3 is 10.8 Å². The summed E-state index contributed by atoms with van der Waals surface area (Å²) >= 11 is 3.25. The summed E-state index contributed by atoms with van der Waals surface area (Å²) in [6.07, 6.45) is 0. The van der Waals surface area contributed by atoms with E-state index < -0.39 is 0 Å². The summed E-state index contributed by atoms with van der Waals surface area (Å²) in [5.41, 5.74) is 7.00. The number of phenols is 1. The number of nitrogen functional groups attached to an aromatic ring is 1. The number of benzene rings is 1. The Morgan fingerprint density at radius 2 is 2.20 bits per heavy atom. The Labute approximate surface area is 95.5 Å². The molecule has 0 spiro atoms. The summed E-state index contributed by atoms with van der Waals surface area (Å²) < 4.78 is 2.21. The highest BCUT2D eigenvalue weighted by Crippen LogP contribution is 2.34. The van der Waals surface area contributed by atoms with E-state index in [2.05, 4.69) is 21.0 Å². The smallest absolute Gasteiger partial charge is 0.139 e. The third-order valence-corrected chi connectivity index (χ3v) is 2.82. The fraction of sp³-hybridized carbons (Fsp3) is 0.100. The number of hydrogen-bond donors (Lipinski definition) is 2. The van der Waals surface area contributed by atoms with Gasteiger partial charge in [-0.1, -0.05) is 6.07 Å². The molecule has 0 aliphatic heterocycles. The van der Waals surface area contributed by atoms with Crippen molar-refractivity contribution in [3.63, 3.8) is 0 Å². The molecule has 0 aliphatic rings. The topological polar surface area (TPSA) is 64.1 Å². The van der Waals surface area contributed by atoms with Crippen molar-refractivity contribution in [1.82, 2.24) is 9.78 Å². The normalized spacial score (nSPS) is 10.5. The van der Waals surface area contributed by atoms with Crippen molar-refractivity contribution in [1.29, 1.82) is 0 Å². The lowest BCUT2D eigenvalue weighted by Gasteiger charge is -2.02. The standard InChI is InChI=1S/C10H10BrN3O/c1-14-9(12)5-8(13-14)6-3-2-4-7(11)10(6)15/h2-5,15H,12H2,1H3. The Bertz CT molecular complexity index is 488. The Kier molecular flexibility index (Phi) is 2.40. The zero-order valence-corrected chi connectivity index (χ0v) is 9.69. The molecule has 0 fully saturated rings. The number of aryl methyl sites for hydroxylation is 1. The second-order valence-corrected chi connectivity index (χ2v) is 4.07. The molecule has 0 unspecified atom stereocenters. The van der Waals surface area contributed by atoms with Crippen LogP contribution in [-0.4, -0.2) is 14.9 Å². The third kappa shape index (κ3) is 1.70. The maximum absolute atomic E-state index is 9.81. The van der Waals surface area contributed by atoms with Gasteiger partial charge >= 0.3 is 0 Å². The first kappa shape index (κ1) is 10.0. The van der Waals surface area contributed by atoms with Gasteiger partial charge in [0.05, 0.1) is 10.2 Å². The molecule has 1 aromatic heterocycles. The number of phenolic OH excluding ortho intramolecular Hbond substituents is 1. The van der Waals surface area contributed by atoms with E-state index in [0.717, 1.165) is 0 Å². The summed E-state index contributed by atoms with van der Waals surface area (Å²) in [5.74, 6) is 0.736. The molecule has 0 radical (unpaired) electrons. The van der Waals surface area contributed by atoms with Gasteiger partial charge in [-0.25, -0.2) is 0 Å². The van der Waals surface area contributed by atoms with Gasteiger partial charge in [-0.05, 0) is 28.1 Å². The van der Waals surface area contributed by atoms with Gasteiger partial charge in [0.1, 0.15) is 11.6 Å². The Balaban J connectivity index is 2.59. The zero-order valence-electron chi connectivity index (χ0n) is 8.11. The van der Waals surface area contributed by atoms with Gasteiger partial charge in [0.2, 0.25) is 0 Å². The Hall–Kier alpha value is -1.49. The highest BCUT2D eigenvalue weighted by atomic mass is 79.9. The molecular formula is C10H10BrN3O. The molecule has 0 saturated carbocycles. The fourth-order valence-corrected chi connectivity index (χ4v) is 1.70. The Morgan fingerprint density at radius 1 is 1.47 bits per heavy atom. The van der Waals surface area contributed by atoms with Crippen LogP contribution in [0.25, 0.3) is 11.3 Å². The first-order chi connectivity index (χ1) is 7.09. The molecule has 5 heteroatoms. The van der Waals surface area contributed by atoms with E-state index in [-0.39, 0.29) is 5.75 Å². The molecule has 1 aromatic carbocycles. The van der Waals surface area contributed by atoms with Crippen LogP contribution in [0.4, 0.5) is 5.82 Å². The summed E-state index contributed by atoms with van der Waals surface area (Å²) in [5, 5.41) is 14.0. The molecule has 15 heavy (non-hydrogen) atoms. The van der Waals surface area contributed by atoms with Crippen LogP contribution < -0.4 is 5.73 Å². The number of nitrogens with two attached hydrogens (primary N) is 1. The van der Waals surface area contributed by atoms with E-state index in [1.54, 1.807) is 29.9 Å². The molecular weight excluding hydrogens is 258 g/mol. The molecule has 2 aromatic rings. The lowest BCUT2D eigenvalue weighted by atomic mass is 10.1. The summed E-state index contributed by atoms with van der Waals surface area (Å²) in [6, 6.07) is 7.12. The van der Waals surface area contributed by atoms with Gasteiger partial charge in [0, 0.05) is 18.7 Å². The number of anilines is 1. The first-order valence-corrected chi connectivity index (χ1v) is 5.16. The number of aromatic hydroxyl groups is 1. The molecule has 0 aliphatic carbocycles. The third-order valence-electron chi connectivity index (χ3n) is 2.18. The van der Waals surface area contributed by atoms with Crippen molar-refractivity contribution in [2.75, 3.05) is 5.73 Å². The Morgan fingerprint density at radius 3 is 2.80 bits per heavy atom. The van der Waals surface area contributed by atoms with E-state index in [4.69, 9.17) is 5.73 Å². The van der Waals surface area contributed by atoms with E-state index in [1.165, 1.54) is 0 Å². The molecule has 0 atom stereocenters. The van der Waals surface area contributed by atoms with Gasteiger partial charge in [-0.3, -0.25) is 4.68 Å². The highest BCUT2D eigenvalue weighted by molar-refractivity contribution is 9.10. The number of halogens is 1. The average Bonchev–Trinajstić information content (AvgIpc) is 2.51. The lowest BCUT2D eigenvalue weighted by Crippen LogP contribution is -1.96. The van der Waals surface area contributed by atoms with Crippen LogP contribution in [0.5, 0.6) is 5.75 Å². The highest BCUT2D eigenvalue weighted by Gasteiger charge is 2.10. The molecule has 78 valence electrons. The summed E-state index contributed by atoms with van der Waals surface area (Å²) in [4.78, 5) is 0. The van der Waals surface area contributed by atoms with E-state index in [1.807, 2.05) is 6.07 Å². The quantitative estimate of drug-likeness (QED) is 0.832. The first-order valence-electron chi connectivity index (χ1n) is 4.37. The second-order valence-electron chi connectivity index (χ2n) is 3.21.